The highest BCUT2D eigenvalue weighted by atomic mass is 16.5. The number of fused-ring (bicyclic) bond motifs is 1. The molecule has 1 aromatic carbocycles. The second-order valence-electron chi connectivity index (χ2n) is 6.54. The fourth-order valence-corrected chi connectivity index (χ4v) is 3.11. The number of phenolic OH excluding ortho intramolecular Hbond substituents is 1. The number of phenols is 1. The molecule has 2 heterocycles. The summed E-state index contributed by atoms with van der Waals surface area (Å²) in [7, 11) is 0. The van der Waals surface area contributed by atoms with Crippen molar-refractivity contribution < 1.29 is 24.5 Å². The molecule has 0 fully saturated rings. The number of carbonyl (C=O) groups is 2. The van der Waals surface area contributed by atoms with E-state index in [1.54, 1.807) is 18.2 Å². The fourth-order valence-electron chi connectivity index (χ4n) is 3.11. The van der Waals surface area contributed by atoms with Crippen molar-refractivity contribution in [3.8, 4) is 11.5 Å². The van der Waals surface area contributed by atoms with Crippen LogP contribution >= 0.6 is 0 Å². The van der Waals surface area contributed by atoms with E-state index in [2.05, 4.69) is 4.98 Å². The van der Waals surface area contributed by atoms with Crippen molar-refractivity contribution >= 4 is 17.4 Å². The van der Waals surface area contributed by atoms with Crippen molar-refractivity contribution in [3.05, 3.63) is 69.3 Å². The van der Waals surface area contributed by atoms with E-state index < -0.39 is 17.1 Å². The minimum atomic E-state index is -1.34. The predicted octanol–water partition coefficient (Wildman–Crippen LogP) is 2.83. The quantitative estimate of drug-likeness (QED) is 0.590. The number of rotatable bonds is 7. The van der Waals surface area contributed by atoms with Gasteiger partial charge in [-0.3, -0.25) is 14.0 Å². The van der Waals surface area contributed by atoms with Crippen molar-refractivity contribution in [2.45, 2.75) is 33.3 Å². The first-order chi connectivity index (χ1) is 13.8. The van der Waals surface area contributed by atoms with Gasteiger partial charge in [-0.1, -0.05) is 19.4 Å². The summed E-state index contributed by atoms with van der Waals surface area (Å²) in [5, 5.41) is 19.5. The van der Waals surface area contributed by atoms with E-state index in [0.717, 1.165) is 17.0 Å². The van der Waals surface area contributed by atoms with Gasteiger partial charge < -0.3 is 14.9 Å². The molecule has 2 aromatic heterocycles. The summed E-state index contributed by atoms with van der Waals surface area (Å²) in [6, 6.07) is 6.46. The van der Waals surface area contributed by atoms with Crippen LogP contribution in [0.1, 0.15) is 52.1 Å². The molecule has 0 spiro atoms. The van der Waals surface area contributed by atoms with Crippen LogP contribution in [-0.4, -0.2) is 31.4 Å². The van der Waals surface area contributed by atoms with Gasteiger partial charge in [-0.25, -0.2) is 9.78 Å². The second-order valence-corrected chi connectivity index (χ2v) is 6.54. The van der Waals surface area contributed by atoms with Gasteiger partial charge in [0.05, 0.1) is 5.56 Å². The van der Waals surface area contributed by atoms with E-state index in [1.807, 2.05) is 6.92 Å². The van der Waals surface area contributed by atoms with Crippen LogP contribution in [0.5, 0.6) is 11.5 Å². The third kappa shape index (κ3) is 3.82. The fraction of sp³-hybridized carbons (Fsp3) is 0.238. The molecule has 0 saturated heterocycles. The lowest BCUT2D eigenvalue weighted by molar-refractivity contribution is 0.0694. The molecule has 3 aromatic rings. The highest BCUT2D eigenvalue weighted by Crippen LogP contribution is 2.33. The summed E-state index contributed by atoms with van der Waals surface area (Å²) in [6.45, 7) is 3.37. The second kappa shape index (κ2) is 8.14. The number of ether oxygens (including phenoxy) is 1. The number of carboxylic acids is 1. The van der Waals surface area contributed by atoms with Crippen LogP contribution in [0.15, 0.2) is 41.5 Å². The van der Waals surface area contributed by atoms with Crippen LogP contribution in [0.4, 0.5) is 0 Å². The van der Waals surface area contributed by atoms with Gasteiger partial charge >= 0.3 is 5.97 Å². The molecule has 0 unspecified atom stereocenters. The van der Waals surface area contributed by atoms with Gasteiger partial charge in [-0.05, 0) is 31.5 Å². The van der Waals surface area contributed by atoms with E-state index in [9.17, 15) is 19.5 Å². The zero-order chi connectivity index (χ0) is 21.1. The molecule has 0 aliphatic rings. The van der Waals surface area contributed by atoms with E-state index >= 15 is 0 Å². The monoisotopic (exact) mass is 396 g/mol. The Morgan fingerprint density at radius 2 is 1.97 bits per heavy atom. The van der Waals surface area contributed by atoms with Gasteiger partial charge in [-0.15, -0.1) is 0 Å². The maximum atomic E-state index is 12.3. The summed E-state index contributed by atoms with van der Waals surface area (Å²) in [6.07, 6.45) is 3.74. The van der Waals surface area contributed by atoms with Crippen molar-refractivity contribution in [2.24, 2.45) is 0 Å². The number of hydrogen-bond acceptors (Lipinski definition) is 6. The van der Waals surface area contributed by atoms with Gasteiger partial charge in [-0.2, -0.15) is 0 Å². The highest BCUT2D eigenvalue weighted by Gasteiger charge is 2.17. The minimum Gasteiger partial charge on any atom is -0.507 e. The topological polar surface area (TPSA) is 118 Å². The molecule has 2 N–H and O–H groups in total. The molecule has 0 aliphatic heterocycles. The lowest BCUT2D eigenvalue weighted by atomic mass is 10.0. The molecule has 0 atom stereocenters. The first kappa shape index (κ1) is 20.1. The summed E-state index contributed by atoms with van der Waals surface area (Å²) >= 11 is 0. The van der Waals surface area contributed by atoms with E-state index in [-0.39, 0.29) is 29.4 Å². The van der Waals surface area contributed by atoms with Crippen molar-refractivity contribution in [1.29, 1.82) is 0 Å². The summed E-state index contributed by atoms with van der Waals surface area (Å²) in [4.78, 5) is 39.2. The molecule has 0 amide bonds. The smallest absolute Gasteiger partial charge is 0.342 e. The average molecular weight is 396 g/mol. The summed E-state index contributed by atoms with van der Waals surface area (Å²) in [5.74, 6) is -1.24. The van der Waals surface area contributed by atoms with Gasteiger partial charge in [0.15, 0.2) is 5.78 Å². The Balaban J connectivity index is 1.98. The van der Waals surface area contributed by atoms with Crippen molar-refractivity contribution in [2.75, 3.05) is 0 Å². The molecule has 0 aliphatic carbocycles. The number of aromatic nitrogens is 2. The van der Waals surface area contributed by atoms with Crippen LogP contribution in [-0.2, 0) is 13.0 Å². The standard InChI is InChI=1S/C21H20N2O6/c1-3-5-15-17(8-7-14(12(2)24)18(15)25)29-11-13-6-4-9-23-19(13)22-10-16(20(23)26)21(27)28/h4,6-10,25H,3,5,11H2,1-2H3,(H,27,28). The van der Waals surface area contributed by atoms with Crippen molar-refractivity contribution in [1.82, 2.24) is 9.38 Å². The first-order valence-electron chi connectivity index (χ1n) is 9.06. The Morgan fingerprint density at radius 3 is 2.62 bits per heavy atom. The molecule has 29 heavy (non-hydrogen) atoms. The van der Waals surface area contributed by atoms with Crippen LogP contribution < -0.4 is 10.3 Å². The number of hydrogen-bond donors (Lipinski definition) is 2. The Labute approximate surface area is 166 Å². The SMILES string of the molecule is CCCc1c(OCc2cccn3c(=O)c(C(=O)O)cnc23)ccc(C(C)=O)c1O. The number of benzene rings is 1. The molecule has 3 rings (SSSR count). The molecular weight excluding hydrogens is 376 g/mol. The Morgan fingerprint density at radius 1 is 1.21 bits per heavy atom. The summed E-state index contributed by atoms with van der Waals surface area (Å²) in [5.41, 5.74) is 0.525. The number of aromatic hydroxyl groups is 1. The van der Waals surface area contributed by atoms with E-state index in [1.165, 1.54) is 19.2 Å². The number of ketones is 1. The normalized spacial score (nSPS) is 10.8. The Bertz CT molecular complexity index is 1170. The van der Waals surface area contributed by atoms with Crippen molar-refractivity contribution in [3.63, 3.8) is 0 Å². The van der Waals surface area contributed by atoms with Crippen LogP contribution in [0, 0.1) is 0 Å². The number of carbonyl (C=O) groups excluding carboxylic acids is 1. The zero-order valence-corrected chi connectivity index (χ0v) is 16.0. The third-order valence-corrected chi connectivity index (χ3v) is 4.55. The minimum absolute atomic E-state index is 0.0404. The maximum Gasteiger partial charge on any atom is 0.342 e. The number of carboxylic acid groups (broad SMARTS) is 1. The Kier molecular flexibility index (Phi) is 5.63. The molecule has 150 valence electrons. The zero-order valence-electron chi connectivity index (χ0n) is 16.0. The molecule has 0 saturated carbocycles. The first-order valence-corrected chi connectivity index (χ1v) is 9.06. The lowest BCUT2D eigenvalue weighted by Crippen LogP contribution is -2.23. The molecule has 8 nitrogen and oxygen atoms in total. The van der Waals surface area contributed by atoms with Gasteiger partial charge in [0.2, 0.25) is 0 Å². The number of Topliss-reactive ketones (excluding diaryl/α,β-unsaturated/α-hetero) is 1. The van der Waals surface area contributed by atoms with Crippen LogP contribution in [0.2, 0.25) is 0 Å². The van der Waals surface area contributed by atoms with E-state index in [0.29, 0.717) is 23.3 Å². The number of pyridine rings is 1. The maximum absolute atomic E-state index is 12.3. The average Bonchev–Trinajstić information content (AvgIpc) is 2.68. The van der Waals surface area contributed by atoms with Gasteiger partial charge in [0.25, 0.3) is 5.56 Å². The molecule has 8 heteroatoms. The highest BCUT2D eigenvalue weighted by molar-refractivity contribution is 5.97. The number of aromatic carboxylic acids is 1. The predicted molar refractivity (Wildman–Crippen MR) is 105 cm³/mol. The lowest BCUT2D eigenvalue weighted by Gasteiger charge is -2.15. The van der Waals surface area contributed by atoms with Crippen LogP contribution in [0.25, 0.3) is 5.65 Å². The van der Waals surface area contributed by atoms with Gasteiger partial charge in [0, 0.05) is 23.5 Å². The van der Waals surface area contributed by atoms with Gasteiger partial charge in [0.1, 0.15) is 29.3 Å². The largest absolute Gasteiger partial charge is 0.507 e. The number of nitrogens with zero attached hydrogens (tertiary/aromatic N) is 2. The molecule has 0 radical (unpaired) electrons. The summed E-state index contributed by atoms with van der Waals surface area (Å²) < 4.78 is 7.03. The Hall–Kier alpha value is -3.68. The molecule has 0 bridgehead atoms. The molecular formula is C21H20N2O6. The van der Waals surface area contributed by atoms with Crippen LogP contribution in [0.3, 0.4) is 0 Å². The third-order valence-electron chi connectivity index (χ3n) is 4.55. The van der Waals surface area contributed by atoms with E-state index in [4.69, 9.17) is 9.84 Å².